The lowest BCUT2D eigenvalue weighted by molar-refractivity contribution is 0.303. The van der Waals surface area contributed by atoms with Crippen molar-refractivity contribution in [3.63, 3.8) is 0 Å². The molecule has 0 bridgehead atoms. The molecule has 1 aromatic rings. The van der Waals surface area contributed by atoms with Gasteiger partial charge in [-0.15, -0.1) is 0 Å². The van der Waals surface area contributed by atoms with E-state index in [0.717, 1.165) is 0 Å². The fourth-order valence-electron chi connectivity index (χ4n) is 1.47. The summed E-state index contributed by atoms with van der Waals surface area (Å²) in [7, 11) is 4.00. The van der Waals surface area contributed by atoms with Gasteiger partial charge in [-0.25, -0.2) is 0 Å². The van der Waals surface area contributed by atoms with E-state index >= 15 is 0 Å². The average molecular weight is 188 g/mol. The van der Waals surface area contributed by atoms with E-state index in [1.165, 1.54) is 11.1 Å². The molecule has 0 spiro atoms. The molecular formula is C12H16N2. The van der Waals surface area contributed by atoms with Crippen molar-refractivity contribution in [1.82, 2.24) is 4.90 Å². The highest BCUT2D eigenvalue weighted by Crippen LogP contribution is 2.21. The van der Waals surface area contributed by atoms with Crippen LogP contribution in [0.15, 0.2) is 24.3 Å². The Morgan fingerprint density at radius 3 is 2.29 bits per heavy atom. The minimum Gasteiger partial charge on any atom is -0.301 e. The molecule has 0 radical (unpaired) electrons. The zero-order valence-electron chi connectivity index (χ0n) is 8.99. The largest absolute Gasteiger partial charge is 0.301 e. The molecule has 0 aliphatic carbocycles. The molecule has 0 aromatic heterocycles. The van der Waals surface area contributed by atoms with Crippen LogP contribution in [0.3, 0.4) is 0 Å². The second-order valence-electron chi connectivity index (χ2n) is 3.75. The molecule has 1 rings (SSSR count). The van der Waals surface area contributed by atoms with Gasteiger partial charge < -0.3 is 4.90 Å². The molecule has 0 aliphatic rings. The van der Waals surface area contributed by atoms with E-state index in [1.807, 2.05) is 14.1 Å². The lowest BCUT2D eigenvalue weighted by Crippen LogP contribution is -2.19. The maximum absolute atomic E-state index is 8.72. The smallest absolute Gasteiger partial charge is 0.0641 e. The fourth-order valence-corrected chi connectivity index (χ4v) is 1.47. The van der Waals surface area contributed by atoms with Crippen LogP contribution in [-0.4, -0.2) is 19.0 Å². The molecule has 0 N–H and O–H groups in total. The van der Waals surface area contributed by atoms with Crippen molar-refractivity contribution in [3.05, 3.63) is 35.4 Å². The Bertz CT molecular complexity index is 319. The van der Waals surface area contributed by atoms with Crippen molar-refractivity contribution >= 4 is 0 Å². The lowest BCUT2D eigenvalue weighted by atomic mass is 10.0. The van der Waals surface area contributed by atoms with Crippen molar-refractivity contribution in [2.45, 2.75) is 19.4 Å². The topological polar surface area (TPSA) is 27.0 Å². The van der Waals surface area contributed by atoms with Crippen LogP contribution in [0.1, 0.15) is 23.6 Å². The molecule has 0 heterocycles. The van der Waals surface area contributed by atoms with Crippen LogP contribution >= 0.6 is 0 Å². The quantitative estimate of drug-likeness (QED) is 0.728. The summed E-state index contributed by atoms with van der Waals surface area (Å²) in [6.45, 7) is 2.07. The summed E-state index contributed by atoms with van der Waals surface area (Å²) < 4.78 is 0. The Balaban J connectivity index is 2.89. The van der Waals surface area contributed by atoms with Crippen molar-refractivity contribution in [2.24, 2.45) is 0 Å². The van der Waals surface area contributed by atoms with Crippen molar-refractivity contribution in [1.29, 1.82) is 5.26 Å². The van der Waals surface area contributed by atoms with Gasteiger partial charge in [-0.3, -0.25) is 0 Å². The van der Waals surface area contributed by atoms with Gasteiger partial charge in [0.1, 0.15) is 0 Å². The van der Waals surface area contributed by atoms with Crippen molar-refractivity contribution in [2.75, 3.05) is 14.1 Å². The Hall–Kier alpha value is -1.33. The minimum absolute atomic E-state index is 0.209. The molecule has 2 nitrogen and oxygen atoms in total. The molecule has 0 amide bonds. The zero-order valence-corrected chi connectivity index (χ0v) is 8.99. The Morgan fingerprint density at radius 1 is 1.29 bits per heavy atom. The van der Waals surface area contributed by atoms with E-state index < -0.39 is 0 Å². The fraction of sp³-hybridized carbons (Fsp3) is 0.417. The minimum atomic E-state index is 0.209. The van der Waals surface area contributed by atoms with Crippen LogP contribution in [0, 0.1) is 18.3 Å². The molecule has 14 heavy (non-hydrogen) atoms. The van der Waals surface area contributed by atoms with Gasteiger partial charge in [-0.1, -0.05) is 29.8 Å². The highest BCUT2D eigenvalue weighted by atomic mass is 15.1. The Labute approximate surface area is 85.8 Å². The van der Waals surface area contributed by atoms with E-state index in [9.17, 15) is 0 Å². The summed E-state index contributed by atoms with van der Waals surface area (Å²) in [5.74, 6) is 0. The number of nitriles is 1. The second-order valence-corrected chi connectivity index (χ2v) is 3.75. The molecule has 0 saturated carbocycles. The van der Waals surface area contributed by atoms with Crippen molar-refractivity contribution < 1.29 is 0 Å². The molecule has 2 heteroatoms. The zero-order chi connectivity index (χ0) is 10.6. The first kappa shape index (κ1) is 10.7. The normalized spacial score (nSPS) is 12.5. The number of nitrogens with zero attached hydrogens (tertiary/aromatic N) is 2. The van der Waals surface area contributed by atoms with Crippen LogP contribution in [0.25, 0.3) is 0 Å². The summed E-state index contributed by atoms with van der Waals surface area (Å²) in [4.78, 5) is 2.08. The number of rotatable bonds is 3. The van der Waals surface area contributed by atoms with Crippen LogP contribution in [-0.2, 0) is 0 Å². The second kappa shape index (κ2) is 4.78. The number of hydrogen-bond donors (Lipinski definition) is 0. The molecule has 1 atom stereocenters. The molecule has 0 saturated heterocycles. The average Bonchev–Trinajstić information content (AvgIpc) is 2.15. The van der Waals surface area contributed by atoms with Gasteiger partial charge in [0.05, 0.1) is 12.5 Å². The standard InChI is InChI=1S/C12H16N2/c1-10-4-6-11(7-5-10)12(8-9-13)14(2)3/h4-7,12H,8H2,1-3H3. The summed E-state index contributed by atoms with van der Waals surface area (Å²) in [6, 6.07) is 10.8. The third kappa shape index (κ3) is 2.58. The molecular weight excluding hydrogens is 172 g/mol. The molecule has 0 fully saturated rings. The van der Waals surface area contributed by atoms with Crippen molar-refractivity contribution in [3.8, 4) is 6.07 Å². The molecule has 0 aliphatic heterocycles. The highest BCUT2D eigenvalue weighted by molar-refractivity contribution is 5.24. The van der Waals surface area contributed by atoms with Crippen LogP contribution < -0.4 is 0 Å². The SMILES string of the molecule is Cc1ccc(C(CC#N)N(C)C)cc1. The highest BCUT2D eigenvalue weighted by Gasteiger charge is 2.12. The maximum Gasteiger partial charge on any atom is 0.0641 e. The van der Waals surface area contributed by atoms with E-state index in [1.54, 1.807) is 0 Å². The van der Waals surface area contributed by atoms with E-state index in [2.05, 4.69) is 42.2 Å². The van der Waals surface area contributed by atoms with E-state index in [0.29, 0.717) is 6.42 Å². The van der Waals surface area contributed by atoms with Gasteiger partial charge in [-0.05, 0) is 26.6 Å². The summed E-state index contributed by atoms with van der Waals surface area (Å²) in [5.41, 5.74) is 2.46. The van der Waals surface area contributed by atoms with Gasteiger partial charge in [0, 0.05) is 6.04 Å². The van der Waals surface area contributed by atoms with Crippen LogP contribution in [0.4, 0.5) is 0 Å². The van der Waals surface area contributed by atoms with Gasteiger partial charge in [0.2, 0.25) is 0 Å². The van der Waals surface area contributed by atoms with E-state index in [4.69, 9.17) is 5.26 Å². The predicted octanol–water partition coefficient (Wildman–Crippen LogP) is 2.51. The third-order valence-electron chi connectivity index (χ3n) is 2.37. The molecule has 1 aromatic carbocycles. The number of benzene rings is 1. The van der Waals surface area contributed by atoms with E-state index in [-0.39, 0.29) is 6.04 Å². The Morgan fingerprint density at radius 2 is 1.86 bits per heavy atom. The first-order chi connectivity index (χ1) is 6.65. The molecule has 74 valence electrons. The third-order valence-corrected chi connectivity index (χ3v) is 2.37. The maximum atomic E-state index is 8.72. The van der Waals surface area contributed by atoms with Gasteiger partial charge >= 0.3 is 0 Å². The lowest BCUT2D eigenvalue weighted by Gasteiger charge is -2.22. The summed E-state index contributed by atoms with van der Waals surface area (Å²) >= 11 is 0. The molecule has 1 unspecified atom stereocenters. The van der Waals surface area contributed by atoms with Crippen LogP contribution in [0.5, 0.6) is 0 Å². The first-order valence-electron chi connectivity index (χ1n) is 4.75. The van der Waals surface area contributed by atoms with Crippen LogP contribution in [0.2, 0.25) is 0 Å². The summed E-state index contributed by atoms with van der Waals surface area (Å²) in [5, 5.41) is 8.72. The Kier molecular flexibility index (Phi) is 3.67. The predicted molar refractivity (Wildman–Crippen MR) is 57.8 cm³/mol. The van der Waals surface area contributed by atoms with Gasteiger partial charge in [-0.2, -0.15) is 5.26 Å². The van der Waals surface area contributed by atoms with Gasteiger partial charge in [0.15, 0.2) is 0 Å². The van der Waals surface area contributed by atoms with Gasteiger partial charge in [0.25, 0.3) is 0 Å². The number of aryl methyl sites for hydroxylation is 1. The first-order valence-corrected chi connectivity index (χ1v) is 4.75. The number of hydrogen-bond acceptors (Lipinski definition) is 2. The summed E-state index contributed by atoms with van der Waals surface area (Å²) in [6.07, 6.45) is 0.538. The monoisotopic (exact) mass is 188 g/mol.